The second-order valence-electron chi connectivity index (χ2n) is 3.56. The molecule has 0 saturated carbocycles. The number of carbonyl (C=O) groups is 1. The largest absolute Gasteiger partial charge is 0.426 e. The predicted octanol–water partition coefficient (Wildman–Crippen LogP) is 2.43. The number of para-hydroxylation sites is 1. The highest BCUT2D eigenvalue weighted by atomic mass is 16.5. The van der Waals surface area contributed by atoms with Crippen LogP contribution in [0, 0.1) is 5.41 Å². The summed E-state index contributed by atoms with van der Waals surface area (Å²) in [6, 6.07) is 17.2. The van der Waals surface area contributed by atoms with Gasteiger partial charge in [0.15, 0.2) is 0 Å². The minimum absolute atomic E-state index is 0.296. The number of ether oxygens (including phenoxy) is 1. The molecule has 4 heteroatoms. The molecule has 0 aliphatic rings. The third-order valence-electron chi connectivity index (χ3n) is 2.23. The van der Waals surface area contributed by atoms with Crippen molar-refractivity contribution in [1.29, 1.82) is 5.41 Å². The van der Waals surface area contributed by atoms with Gasteiger partial charge >= 0.3 is 0 Å². The number of hydrogen-bond donors (Lipinski definition) is 2. The minimum atomic E-state index is -0.364. The van der Waals surface area contributed by atoms with Gasteiger partial charge in [0, 0.05) is 5.56 Å². The van der Waals surface area contributed by atoms with Gasteiger partial charge in [-0.1, -0.05) is 36.4 Å². The average molecular weight is 240 g/mol. The first-order chi connectivity index (χ1) is 8.75. The van der Waals surface area contributed by atoms with Crippen molar-refractivity contribution in [3.63, 3.8) is 0 Å². The molecule has 2 aromatic carbocycles. The van der Waals surface area contributed by atoms with Crippen molar-refractivity contribution in [3.05, 3.63) is 66.2 Å². The second-order valence-corrected chi connectivity index (χ2v) is 3.56. The zero-order chi connectivity index (χ0) is 12.8. The van der Waals surface area contributed by atoms with Crippen LogP contribution >= 0.6 is 0 Å². The Bertz CT molecular complexity index is 538. The van der Waals surface area contributed by atoms with E-state index in [4.69, 9.17) is 10.1 Å². The quantitative estimate of drug-likeness (QED) is 0.625. The van der Waals surface area contributed by atoms with Crippen LogP contribution in [0.2, 0.25) is 0 Å². The van der Waals surface area contributed by atoms with Crippen LogP contribution in [0.4, 0.5) is 0 Å². The minimum Gasteiger partial charge on any atom is -0.426 e. The van der Waals surface area contributed by atoms with E-state index < -0.39 is 0 Å². The Morgan fingerprint density at radius 2 is 1.50 bits per heavy atom. The summed E-state index contributed by atoms with van der Waals surface area (Å²) in [4.78, 5) is 11.7. The van der Waals surface area contributed by atoms with E-state index in [-0.39, 0.29) is 11.9 Å². The monoisotopic (exact) mass is 240 g/mol. The second kappa shape index (κ2) is 5.63. The summed E-state index contributed by atoms with van der Waals surface area (Å²) >= 11 is 0. The number of nitrogens with one attached hydrogen (secondary N) is 2. The zero-order valence-electron chi connectivity index (χ0n) is 9.59. The molecule has 2 aromatic rings. The molecule has 0 radical (unpaired) electrons. The lowest BCUT2D eigenvalue weighted by Crippen LogP contribution is -2.33. The lowest BCUT2D eigenvalue weighted by molar-refractivity contribution is 0.0971. The van der Waals surface area contributed by atoms with Crippen molar-refractivity contribution >= 4 is 11.9 Å². The topological polar surface area (TPSA) is 62.2 Å². The van der Waals surface area contributed by atoms with Gasteiger partial charge in [-0.25, -0.2) is 0 Å². The summed E-state index contributed by atoms with van der Waals surface area (Å²) in [5.41, 5.74) is 0.485. The van der Waals surface area contributed by atoms with E-state index >= 15 is 0 Å². The molecule has 0 aromatic heterocycles. The molecule has 90 valence electrons. The van der Waals surface area contributed by atoms with Crippen molar-refractivity contribution in [2.24, 2.45) is 0 Å². The number of amidine groups is 1. The number of benzene rings is 2. The fraction of sp³-hybridized carbons (Fsp3) is 0. The highest BCUT2D eigenvalue weighted by Crippen LogP contribution is 2.08. The van der Waals surface area contributed by atoms with Crippen LogP contribution < -0.4 is 10.1 Å². The zero-order valence-corrected chi connectivity index (χ0v) is 9.59. The van der Waals surface area contributed by atoms with Crippen molar-refractivity contribution < 1.29 is 9.53 Å². The van der Waals surface area contributed by atoms with Crippen molar-refractivity contribution in [3.8, 4) is 5.75 Å². The summed E-state index contributed by atoms with van der Waals surface area (Å²) in [6.45, 7) is 0. The summed E-state index contributed by atoms with van der Waals surface area (Å²) in [5.74, 6) is 0.146. The van der Waals surface area contributed by atoms with Crippen molar-refractivity contribution in [2.75, 3.05) is 0 Å². The Morgan fingerprint density at radius 3 is 2.11 bits per heavy atom. The van der Waals surface area contributed by atoms with Crippen LogP contribution in [0.1, 0.15) is 10.4 Å². The van der Waals surface area contributed by atoms with Gasteiger partial charge in [0.2, 0.25) is 0 Å². The van der Waals surface area contributed by atoms with Gasteiger partial charge in [-0.15, -0.1) is 0 Å². The Morgan fingerprint density at radius 1 is 0.944 bits per heavy atom. The van der Waals surface area contributed by atoms with E-state index in [1.165, 1.54) is 0 Å². The first kappa shape index (κ1) is 11.9. The summed E-state index contributed by atoms with van der Waals surface area (Å²) in [7, 11) is 0. The Labute approximate surface area is 105 Å². The highest BCUT2D eigenvalue weighted by molar-refractivity contribution is 6.03. The molecule has 0 fully saturated rings. The van der Waals surface area contributed by atoms with E-state index in [9.17, 15) is 4.79 Å². The molecule has 1 amide bonds. The van der Waals surface area contributed by atoms with Gasteiger partial charge in [-0.05, 0) is 24.3 Å². The molecular weight excluding hydrogens is 228 g/mol. The number of rotatable bonds is 2. The van der Waals surface area contributed by atoms with Crippen LogP contribution in [-0.2, 0) is 0 Å². The average Bonchev–Trinajstić information content (AvgIpc) is 2.40. The van der Waals surface area contributed by atoms with E-state index in [0.717, 1.165) is 0 Å². The van der Waals surface area contributed by atoms with Crippen LogP contribution in [0.15, 0.2) is 60.7 Å². The smallest absolute Gasteiger partial charge is 0.294 e. The fourth-order valence-electron chi connectivity index (χ4n) is 1.40. The molecule has 0 heterocycles. The lowest BCUT2D eigenvalue weighted by atomic mass is 10.2. The SMILES string of the molecule is N=C(NC(=O)c1ccccc1)Oc1ccccc1. The molecule has 0 bridgehead atoms. The Kier molecular flexibility index (Phi) is 3.71. The summed E-state index contributed by atoms with van der Waals surface area (Å²) in [5, 5.41) is 9.92. The maximum atomic E-state index is 11.7. The molecule has 0 saturated heterocycles. The molecule has 0 atom stereocenters. The molecule has 0 aliphatic heterocycles. The molecule has 2 N–H and O–H groups in total. The predicted molar refractivity (Wildman–Crippen MR) is 68.7 cm³/mol. The van der Waals surface area contributed by atoms with Crippen LogP contribution in [0.25, 0.3) is 0 Å². The number of amides is 1. The van der Waals surface area contributed by atoms with E-state index in [1.807, 2.05) is 12.1 Å². The van der Waals surface area contributed by atoms with E-state index in [1.54, 1.807) is 48.5 Å². The molecule has 0 aliphatic carbocycles. The Balaban J connectivity index is 1.94. The van der Waals surface area contributed by atoms with E-state index in [0.29, 0.717) is 11.3 Å². The van der Waals surface area contributed by atoms with Crippen molar-refractivity contribution in [2.45, 2.75) is 0 Å². The number of carbonyl (C=O) groups excluding carboxylic acids is 1. The van der Waals surface area contributed by atoms with Gasteiger partial charge < -0.3 is 4.74 Å². The van der Waals surface area contributed by atoms with Crippen LogP contribution in [0.5, 0.6) is 5.75 Å². The molecule has 4 nitrogen and oxygen atoms in total. The van der Waals surface area contributed by atoms with Gasteiger partial charge in [0.05, 0.1) is 0 Å². The maximum Gasteiger partial charge on any atom is 0.294 e. The molecule has 0 spiro atoms. The molecule has 18 heavy (non-hydrogen) atoms. The molecule has 2 rings (SSSR count). The number of hydrogen-bond acceptors (Lipinski definition) is 3. The third kappa shape index (κ3) is 3.18. The van der Waals surface area contributed by atoms with Gasteiger partial charge in [0.25, 0.3) is 11.9 Å². The fourth-order valence-corrected chi connectivity index (χ4v) is 1.40. The van der Waals surface area contributed by atoms with Gasteiger partial charge in [0.1, 0.15) is 5.75 Å². The van der Waals surface area contributed by atoms with Gasteiger partial charge in [-0.2, -0.15) is 0 Å². The van der Waals surface area contributed by atoms with Crippen LogP contribution in [-0.4, -0.2) is 11.9 Å². The first-order valence-electron chi connectivity index (χ1n) is 5.43. The highest BCUT2D eigenvalue weighted by Gasteiger charge is 2.08. The van der Waals surface area contributed by atoms with E-state index in [2.05, 4.69) is 5.32 Å². The summed E-state index contributed by atoms with van der Waals surface area (Å²) < 4.78 is 5.16. The lowest BCUT2D eigenvalue weighted by Gasteiger charge is -2.07. The summed E-state index contributed by atoms with van der Waals surface area (Å²) in [6.07, 6.45) is 0. The normalized spacial score (nSPS) is 9.56. The molecular formula is C14H12N2O2. The standard InChI is InChI=1S/C14H12N2O2/c15-14(18-12-9-5-2-6-10-12)16-13(17)11-7-3-1-4-8-11/h1-10H,(H2,15,16,17). The third-order valence-corrected chi connectivity index (χ3v) is 2.23. The molecule has 0 unspecified atom stereocenters. The Hall–Kier alpha value is -2.62. The van der Waals surface area contributed by atoms with Crippen molar-refractivity contribution in [1.82, 2.24) is 5.32 Å². The maximum absolute atomic E-state index is 11.7. The van der Waals surface area contributed by atoms with Gasteiger partial charge in [-0.3, -0.25) is 15.5 Å². The first-order valence-corrected chi connectivity index (χ1v) is 5.43. The van der Waals surface area contributed by atoms with Crippen LogP contribution in [0.3, 0.4) is 0 Å².